The molecule has 1 aromatic heterocycles. The molecule has 1 amide bonds. The van der Waals surface area contributed by atoms with Gasteiger partial charge in [-0.1, -0.05) is 0 Å². The van der Waals surface area contributed by atoms with E-state index in [-0.39, 0.29) is 11.5 Å². The molecule has 0 radical (unpaired) electrons. The predicted molar refractivity (Wildman–Crippen MR) is 73.6 cm³/mol. The zero-order valence-electron chi connectivity index (χ0n) is 11.5. The van der Waals surface area contributed by atoms with E-state index in [1.165, 1.54) is 12.3 Å². The van der Waals surface area contributed by atoms with E-state index in [4.69, 9.17) is 15.6 Å². The first-order valence-electron chi connectivity index (χ1n) is 5.84. The summed E-state index contributed by atoms with van der Waals surface area (Å²) in [6.45, 7) is 5.03. The maximum Gasteiger partial charge on any atom is 0.412 e. The Hall–Kier alpha value is -2.57. The van der Waals surface area contributed by atoms with Gasteiger partial charge in [0.2, 0.25) is 0 Å². The Morgan fingerprint density at radius 1 is 1.45 bits per heavy atom. The topological polar surface area (TPSA) is 115 Å². The van der Waals surface area contributed by atoms with Crippen LogP contribution in [0, 0.1) is 0 Å². The second-order valence-corrected chi connectivity index (χ2v) is 4.97. The Labute approximate surface area is 116 Å². The number of carboxylic acid groups (broad SMARTS) is 1. The summed E-state index contributed by atoms with van der Waals surface area (Å²) in [7, 11) is 0. The highest BCUT2D eigenvalue weighted by molar-refractivity contribution is 5.96. The Morgan fingerprint density at radius 3 is 2.60 bits per heavy atom. The van der Waals surface area contributed by atoms with Gasteiger partial charge in [0.1, 0.15) is 17.1 Å². The standard InChI is InChI=1S/C13H17N3O4/c1-13(2,3)20-12(19)16-9(11(17)18)7-8-5-4-6-15-10(8)14/h4-7H,1-3H3,(H2,14,15)(H,16,19)(H,17,18)/b9-7-. The Morgan fingerprint density at radius 2 is 2.10 bits per heavy atom. The third-order valence-corrected chi connectivity index (χ3v) is 2.04. The number of nitrogen functional groups attached to an aromatic ring is 1. The van der Waals surface area contributed by atoms with Gasteiger partial charge in [0.25, 0.3) is 0 Å². The molecule has 0 aliphatic rings. The molecule has 0 fully saturated rings. The van der Waals surface area contributed by atoms with Crippen LogP contribution in [0.3, 0.4) is 0 Å². The van der Waals surface area contributed by atoms with E-state index in [1.54, 1.807) is 32.9 Å². The second-order valence-electron chi connectivity index (χ2n) is 4.97. The van der Waals surface area contributed by atoms with Gasteiger partial charge in [-0.3, -0.25) is 5.32 Å². The minimum absolute atomic E-state index is 0.164. The summed E-state index contributed by atoms with van der Waals surface area (Å²) in [6.07, 6.45) is 1.84. The fourth-order valence-electron chi connectivity index (χ4n) is 1.27. The van der Waals surface area contributed by atoms with Gasteiger partial charge in [-0.05, 0) is 39.0 Å². The molecule has 1 heterocycles. The van der Waals surface area contributed by atoms with Crippen LogP contribution < -0.4 is 11.1 Å². The number of nitrogens with two attached hydrogens (primary N) is 1. The number of carbonyl (C=O) groups excluding carboxylic acids is 1. The largest absolute Gasteiger partial charge is 0.477 e. The first-order valence-corrected chi connectivity index (χ1v) is 5.84. The minimum Gasteiger partial charge on any atom is -0.477 e. The number of carbonyl (C=O) groups is 2. The number of nitrogens with one attached hydrogen (secondary N) is 1. The first kappa shape index (κ1) is 15.5. The minimum atomic E-state index is -1.31. The van der Waals surface area contributed by atoms with Crippen molar-refractivity contribution in [3.63, 3.8) is 0 Å². The molecular weight excluding hydrogens is 262 g/mol. The number of aliphatic carboxylic acids is 1. The van der Waals surface area contributed by atoms with E-state index < -0.39 is 17.7 Å². The number of ether oxygens (including phenoxy) is 1. The molecule has 0 saturated carbocycles. The van der Waals surface area contributed by atoms with Crippen LogP contribution in [0.2, 0.25) is 0 Å². The average Bonchev–Trinajstić information content (AvgIpc) is 2.28. The lowest BCUT2D eigenvalue weighted by Gasteiger charge is -2.19. The third-order valence-electron chi connectivity index (χ3n) is 2.04. The van der Waals surface area contributed by atoms with Crippen molar-refractivity contribution in [1.29, 1.82) is 0 Å². The molecule has 0 unspecified atom stereocenters. The van der Waals surface area contributed by atoms with Crippen molar-refractivity contribution < 1.29 is 19.4 Å². The molecule has 0 aromatic carbocycles. The monoisotopic (exact) mass is 279 g/mol. The van der Waals surface area contributed by atoms with Gasteiger partial charge in [0.05, 0.1) is 0 Å². The molecule has 1 rings (SSSR count). The fraction of sp³-hybridized carbons (Fsp3) is 0.308. The van der Waals surface area contributed by atoms with Gasteiger partial charge < -0.3 is 15.6 Å². The molecule has 108 valence electrons. The van der Waals surface area contributed by atoms with Crippen LogP contribution in [-0.2, 0) is 9.53 Å². The molecule has 4 N–H and O–H groups in total. The van der Waals surface area contributed by atoms with E-state index in [9.17, 15) is 9.59 Å². The summed E-state index contributed by atoms with van der Waals surface area (Å²) < 4.78 is 4.99. The van der Waals surface area contributed by atoms with Gasteiger partial charge in [-0.15, -0.1) is 0 Å². The van der Waals surface area contributed by atoms with E-state index in [0.29, 0.717) is 5.56 Å². The summed E-state index contributed by atoms with van der Waals surface area (Å²) in [6, 6.07) is 3.19. The highest BCUT2D eigenvalue weighted by Crippen LogP contribution is 2.12. The maximum atomic E-state index is 11.6. The Bertz CT molecular complexity index is 547. The van der Waals surface area contributed by atoms with E-state index >= 15 is 0 Å². The Kier molecular flexibility index (Phi) is 4.68. The fourth-order valence-corrected chi connectivity index (χ4v) is 1.27. The van der Waals surface area contributed by atoms with E-state index in [2.05, 4.69) is 10.3 Å². The molecular formula is C13H17N3O4. The van der Waals surface area contributed by atoms with Gasteiger partial charge in [-0.2, -0.15) is 0 Å². The van der Waals surface area contributed by atoms with Crippen LogP contribution in [0.15, 0.2) is 24.0 Å². The van der Waals surface area contributed by atoms with Crippen LogP contribution in [-0.4, -0.2) is 27.8 Å². The van der Waals surface area contributed by atoms with Crippen molar-refractivity contribution in [2.75, 3.05) is 5.73 Å². The molecule has 1 aromatic rings. The lowest BCUT2D eigenvalue weighted by atomic mass is 10.2. The number of hydrogen-bond donors (Lipinski definition) is 3. The number of amides is 1. The number of hydrogen-bond acceptors (Lipinski definition) is 5. The summed E-state index contributed by atoms with van der Waals surface area (Å²) in [5.74, 6) is -1.14. The van der Waals surface area contributed by atoms with Crippen molar-refractivity contribution >= 4 is 24.0 Å². The van der Waals surface area contributed by atoms with Crippen LogP contribution in [0.1, 0.15) is 26.3 Å². The normalized spacial score (nSPS) is 11.8. The number of alkyl carbamates (subject to hydrolysis) is 1. The quantitative estimate of drug-likeness (QED) is 0.724. The smallest absolute Gasteiger partial charge is 0.412 e. The summed E-state index contributed by atoms with van der Waals surface area (Å²) in [5, 5.41) is 11.2. The van der Waals surface area contributed by atoms with Crippen molar-refractivity contribution in [3.05, 3.63) is 29.6 Å². The zero-order valence-corrected chi connectivity index (χ0v) is 11.5. The summed E-state index contributed by atoms with van der Waals surface area (Å²) >= 11 is 0. The summed E-state index contributed by atoms with van der Waals surface area (Å²) in [5.41, 5.74) is 4.93. The van der Waals surface area contributed by atoms with Gasteiger partial charge >= 0.3 is 12.1 Å². The zero-order chi connectivity index (χ0) is 15.3. The molecule has 0 atom stereocenters. The molecule has 0 saturated heterocycles. The van der Waals surface area contributed by atoms with Crippen LogP contribution in [0.25, 0.3) is 6.08 Å². The van der Waals surface area contributed by atoms with Crippen molar-refractivity contribution in [3.8, 4) is 0 Å². The lowest BCUT2D eigenvalue weighted by molar-refractivity contribution is -0.133. The average molecular weight is 279 g/mol. The predicted octanol–water partition coefficient (Wildman–Crippen LogP) is 1.61. The summed E-state index contributed by atoms with van der Waals surface area (Å²) in [4.78, 5) is 26.5. The van der Waals surface area contributed by atoms with Crippen LogP contribution in [0.4, 0.5) is 10.6 Å². The van der Waals surface area contributed by atoms with Gasteiger partial charge in [0, 0.05) is 11.8 Å². The molecule has 0 aliphatic heterocycles. The number of carboxylic acids is 1. The Balaban J connectivity index is 2.94. The van der Waals surface area contributed by atoms with E-state index in [1.807, 2.05) is 0 Å². The molecule has 20 heavy (non-hydrogen) atoms. The van der Waals surface area contributed by atoms with Crippen LogP contribution >= 0.6 is 0 Å². The van der Waals surface area contributed by atoms with E-state index in [0.717, 1.165) is 0 Å². The number of aromatic nitrogens is 1. The van der Waals surface area contributed by atoms with Crippen LogP contribution in [0.5, 0.6) is 0 Å². The molecule has 7 heteroatoms. The molecule has 0 bridgehead atoms. The number of anilines is 1. The van der Waals surface area contributed by atoms with Gasteiger partial charge in [0.15, 0.2) is 0 Å². The number of pyridine rings is 1. The molecule has 7 nitrogen and oxygen atoms in total. The highest BCUT2D eigenvalue weighted by atomic mass is 16.6. The third kappa shape index (κ3) is 4.97. The SMILES string of the molecule is CC(C)(C)OC(=O)N/C(=C\c1cccnc1N)C(=O)O. The van der Waals surface area contributed by atoms with Crippen molar-refractivity contribution in [1.82, 2.24) is 10.3 Å². The highest BCUT2D eigenvalue weighted by Gasteiger charge is 2.19. The second kappa shape index (κ2) is 6.05. The van der Waals surface area contributed by atoms with Crippen molar-refractivity contribution in [2.24, 2.45) is 0 Å². The first-order chi connectivity index (χ1) is 9.19. The van der Waals surface area contributed by atoms with Gasteiger partial charge in [-0.25, -0.2) is 14.6 Å². The lowest BCUT2D eigenvalue weighted by Crippen LogP contribution is -2.34. The molecule has 0 aliphatic carbocycles. The molecule has 0 spiro atoms. The maximum absolute atomic E-state index is 11.6. The number of rotatable bonds is 3. The number of nitrogens with zero attached hydrogens (tertiary/aromatic N) is 1. The van der Waals surface area contributed by atoms with Crippen molar-refractivity contribution in [2.45, 2.75) is 26.4 Å².